The lowest BCUT2D eigenvalue weighted by Crippen LogP contribution is -2.38. The fraction of sp³-hybridized carbons (Fsp3) is 0.400. The highest BCUT2D eigenvalue weighted by Crippen LogP contribution is 2.33. The van der Waals surface area contributed by atoms with Gasteiger partial charge in [-0.25, -0.2) is 9.50 Å². The summed E-state index contributed by atoms with van der Waals surface area (Å²) in [6.45, 7) is 6.80. The van der Waals surface area contributed by atoms with Crippen molar-refractivity contribution >= 4 is 22.9 Å². The molecule has 0 aromatic carbocycles. The molecule has 0 aliphatic carbocycles. The second kappa shape index (κ2) is 6.78. The van der Waals surface area contributed by atoms with Gasteiger partial charge in [0.25, 0.3) is 0 Å². The van der Waals surface area contributed by atoms with Crippen LogP contribution in [-0.4, -0.2) is 31.9 Å². The van der Waals surface area contributed by atoms with E-state index in [1.807, 2.05) is 18.7 Å². The summed E-state index contributed by atoms with van der Waals surface area (Å²) in [4.78, 5) is 20.8. The van der Waals surface area contributed by atoms with Crippen molar-refractivity contribution in [1.29, 1.82) is 5.26 Å². The summed E-state index contributed by atoms with van der Waals surface area (Å²) in [5, 5.41) is 15.6. The third-order valence-corrected chi connectivity index (χ3v) is 6.51. The zero-order valence-corrected chi connectivity index (χ0v) is 16.5. The lowest BCUT2D eigenvalue weighted by Gasteiger charge is -2.33. The summed E-state index contributed by atoms with van der Waals surface area (Å²) < 4.78 is 1.70. The Labute approximate surface area is 162 Å². The zero-order valence-electron chi connectivity index (χ0n) is 15.7. The molecule has 0 N–H and O–H groups in total. The molecule has 0 spiro atoms. The first-order valence-corrected chi connectivity index (χ1v) is 9.99. The number of carbonyl (C=O) groups is 1. The molecule has 1 aliphatic heterocycles. The van der Waals surface area contributed by atoms with Crippen molar-refractivity contribution in [2.24, 2.45) is 0 Å². The fourth-order valence-electron chi connectivity index (χ4n) is 3.98. The molecule has 0 radical (unpaired) electrons. The number of hydrogen-bond donors (Lipinski definition) is 0. The molecule has 6 nitrogen and oxygen atoms in total. The van der Waals surface area contributed by atoms with Crippen LogP contribution in [0.3, 0.4) is 0 Å². The lowest BCUT2D eigenvalue weighted by atomic mass is 10.00. The summed E-state index contributed by atoms with van der Waals surface area (Å²) in [6.07, 6.45) is 3.56. The first-order chi connectivity index (χ1) is 13.0. The lowest BCUT2D eigenvalue weighted by molar-refractivity contribution is -0.133. The van der Waals surface area contributed by atoms with E-state index in [0.717, 1.165) is 29.9 Å². The Balaban J connectivity index is 1.54. The molecule has 0 fully saturated rings. The summed E-state index contributed by atoms with van der Waals surface area (Å²) in [5.74, 6) is 0.177. The molecular formula is C20H21N5OS. The van der Waals surface area contributed by atoms with Crippen LogP contribution in [-0.2, 0) is 17.6 Å². The number of thiophene rings is 1. The van der Waals surface area contributed by atoms with Gasteiger partial charge in [-0.2, -0.15) is 10.4 Å². The first kappa shape index (κ1) is 17.7. The van der Waals surface area contributed by atoms with Crippen LogP contribution in [0.5, 0.6) is 0 Å². The van der Waals surface area contributed by atoms with Crippen LogP contribution in [0, 0.1) is 25.2 Å². The van der Waals surface area contributed by atoms with Crippen LogP contribution < -0.4 is 0 Å². The summed E-state index contributed by atoms with van der Waals surface area (Å²) in [5.41, 5.74) is 5.17. The van der Waals surface area contributed by atoms with Gasteiger partial charge in [0, 0.05) is 29.2 Å². The van der Waals surface area contributed by atoms with E-state index in [9.17, 15) is 10.1 Å². The summed E-state index contributed by atoms with van der Waals surface area (Å²) in [7, 11) is 0. The number of hydrogen-bond acceptors (Lipinski definition) is 5. The van der Waals surface area contributed by atoms with Gasteiger partial charge in [-0.15, -0.1) is 11.3 Å². The number of carbonyl (C=O) groups excluding carboxylic acids is 1. The van der Waals surface area contributed by atoms with E-state index >= 15 is 0 Å². The van der Waals surface area contributed by atoms with Gasteiger partial charge < -0.3 is 4.90 Å². The van der Waals surface area contributed by atoms with Crippen molar-refractivity contribution in [1.82, 2.24) is 19.5 Å². The van der Waals surface area contributed by atoms with Crippen LogP contribution in [0.25, 0.3) is 5.65 Å². The van der Waals surface area contributed by atoms with Crippen LogP contribution in [0.2, 0.25) is 0 Å². The normalized spacial score (nSPS) is 16.4. The largest absolute Gasteiger partial charge is 0.336 e. The maximum Gasteiger partial charge on any atom is 0.223 e. The maximum atomic E-state index is 12.9. The number of amides is 1. The molecule has 3 aromatic rings. The second-order valence-corrected chi connectivity index (χ2v) is 7.98. The van der Waals surface area contributed by atoms with Crippen LogP contribution in [0.4, 0.5) is 0 Å². The Morgan fingerprint density at radius 3 is 3.04 bits per heavy atom. The van der Waals surface area contributed by atoms with E-state index in [0.29, 0.717) is 24.1 Å². The highest BCUT2D eigenvalue weighted by Gasteiger charge is 2.28. The van der Waals surface area contributed by atoms with Crippen molar-refractivity contribution in [2.75, 3.05) is 6.54 Å². The highest BCUT2D eigenvalue weighted by molar-refractivity contribution is 7.10. The van der Waals surface area contributed by atoms with E-state index in [1.165, 1.54) is 16.6 Å². The minimum Gasteiger partial charge on any atom is -0.336 e. The number of aryl methyl sites for hydroxylation is 2. The van der Waals surface area contributed by atoms with Gasteiger partial charge >= 0.3 is 0 Å². The molecule has 0 saturated heterocycles. The Hall–Kier alpha value is -2.72. The maximum absolute atomic E-state index is 12.9. The predicted octanol–water partition coefficient (Wildman–Crippen LogP) is 3.36. The van der Waals surface area contributed by atoms with E-state index < -0.39 is 0 Å². The van der Waals surface area contributed by atoms with Crippen molar-refractivity contribution in [2.45, 2.75) is 46.1 Å². The van der Waals surface area contributed by atoms with Gasteiger partial charge in [-0.3, -0.25) is 4.79 Å². The van der Waals surface area contributed by atoms with Gasteiger partial charge in [0.05, 0.1) is 12.2 Å². The second-order valence-electron chi connectivity index (χ2n) is 6.98. The minimum absolute atomic E-state index is 0.139. The molecule has 4 heterocycles. The van der Waals surface area contributed by atoms with Gasteiger partial charge in [-0.05, 0) is 56.2 Å². The zero-order chi connectivity index (χ0) is 19.1. The topological polar surface area (TPSA) is 74.3 Å². The molecule has 0 unspecified atom stereocenters. The van der Waals surface area contributed by atoms with E-state index in [4.69, 9.17) is 0 Å². The number of aromatic nitrogens is 3. The highest BCUT2D eigenvalue weighted by atomic mass is 32.1. The molecule has 1 amide bonds. The fourth-order valence-corrected chi connectivity index (χ4v) is 4.94. The van der Waals surface area contributed by atoms with Crippen molar-refractivity contribution < 1.29 is 4.79 Å². The van der Waals surface area contributed by atoms with E-state index in [2.05, 4.69) is 34.5 Å². The Morgan fingerprint density at radius 1 is 1.44 bits per heavy atom. The number of nitrogens with zero attached hydrogens (tertiary/aromatic N) is 5. The molecule has 27 heavy (non-hydrogen) atoms. The van der Waals surface area contributed by atoms with Gasteiger partial charge in [-0.1, -0.05) is 0 Å². The van der Waals surface area contributed by atoms with Gasteiger partial charge in [0.1, 0.15) is 11.6 Å². The molecule has 3 aromatic heterocycles. The van der Waals surface area contributed by atoms with Crippen molar-refractivity contribution in [3.63, 3.8) is 0 Å². The molecule has 138 valence electrons. The van der Waals surface area contributed by atoms with Crippen LogP contribution >= 0.6 is 11.3 Å². The Bertz CT molecular complexity index is 1070. The standard InChI is InChI=1S/C20H21N5OS/c1-12-16(14(3)25-20(23-12)15(10-21)11-22-25)4-5-19(26)24-8-6-18-17(13(24)2)7-9-27-18/h7,9,11,13H,4-6,8H2,1-3H3/t13-/m0/s1. The Kier molecular flexibility index (Phi) is 4.44. The molecular weight excluding hydrogens is 358 g/mol. The van der Waals surface area contributed by atoms with E-state index in [1.54, 1.807) is 15.9 Å². The Morgan fingerprint density at radius 2 is 2.26 bits per heavy atom. The van der Waals surface area contributed by atoms with Crippen LogP contribution in [0.15, 0.2) is 17.6 Å². The number of fused-ring (bicyclic) bond motifs is 2. The average molecular weight is 379 g/mol. The molecule has 1 aliphatic rings. The first-order valence-electron chi connectivity index (χ1n) is 9.11. The quantitative estimate of drug-likeness (QED) is 0.699. The number of rotatable bonds is 3. The molecule has 0 saturated carbocycles. The summed E-state index contributed by atoms with van der Waals surface area (Å²) >= 11 is 1.78. The minimum atomic E-state index is 0.139. The monoisotopic (exact) mass is 379 g/mol. The summed E-state index contributed by atoms with van der Waals surface area (Å²) in [6, 6.07) is 4.40. The predicted molar refractivity (Wildman–Crippen MR) is 104 cm³/mol. The third kappa shape index (κ3) is 2.90. The SMILES string of the molecule is Cc1nc2c(C#N)cnn2c(C)c1CCC(=O)N1CCc2sccc2[C@@H]1C. The molecule has 1 atom stereocenters. The van der Waals surface area contributed by atoms with Gasteiger partial charge in [0.2, 0.25) is 5.91 Å². The van der Waals surface area contributed by atoms with E-state index in [-0.39, 0.29) is 11.9 Å². The molecule has 0 bridgehead atoms. The smallest absolute Gasteiger partial charge is 0.223 e. The van der Waals surface area contributed by atoms with Crippen molar-refractivity contribution in [3.8, 4) is 6.07 Å². The molecule has 7 heteroatoms. The van der Waals surface area contributed by atoms with Crippen LogP contribution in [0.1, 0.15) is 52.3 Å². The average Bonchev–Trinajstić information content (AvgIpc) is 3.28. The molecule has 4 rings (SSSR count). The third-order valence-electron chi connectivity index (χ3n) is 5.52. The number of nitriles is 1. The van der Waals surface area contributed by atoms with Gasteiger partial charge in [0.15, 0.2) is 5.65 Å². The van der Waals surface area contributed by atoms with Crippen molar-refractivity contribution in [3.05, 3.63) is 50.6 Å².